The summed E-state index contributed by atoms with van der Waals surface area (Å²) in [5.41, 5.74) is 12.7. The van der Waals surface area contributed by atoms with Gasteiger partial charge in [-0.15, -0.1) is 0 Å². The molecule has 2 aliphatic rings. The summed E-state index contributed by atoms with van der Waals surface area (Å²) in [6.07, 6.45) is 8.83. The van der Waals surface area contributed by atoms with E-state index in [9.17, 15) is 5.11 Å². The first-order valence-corrected chi connectivity index (χ1v) is 11.5. The van der Waals surface area contributed by atoms with E-state index in [-0.39, 0.29) is 12.1 Å². The van der Waals surface area contributed by atoms with Gasteiger partial charge in [0.15, 0.2) is 0 Å². The standard InChI is InChI=1S/C27H32N2O/c28-27(18-30)14-13-24(17-27)23-9-8-21-15-19(5-7-22(21)16-23)6-11-25-12-10-20-3-1-2-4-26(20)29-25/h1-4,8-10,12,16,19,24,30H,5-7,11,13-15,17-18,28H2/t19-,24-,27+/m0/s1. The molecule has 0 radical (unpaired) electrons. The summed E-state index contributed by atoms with van der Waals surface area (Å²) in [6, 6.07) is 19.9. The second-order valence-corrected chi connectivity index (χ2v) is 9.63. The van der Waals surface area contributed by atoms with Crippen molar-refractivity contribution in [3.8, 4) is 0 Å². The fourth-order valence-electron chi connectivity index (χ4n) is 5.53. The van der Waals surface area contributed by atoms with Crippen LogP contribution in [0.2, 0.25) is 0 Å². The van der Waals surface area contributed by atoms with Crippen molar-refractivity contribution in [2.75, 3.05) is 6.61 Å². The number of hydrogen-bond donors (Lipinski definition) is 2. The zero-order valence-electron chi connectivity index (χ0n) is 17.7. The molecule has 30 heavy (non-hydrogen) atoms. The Labute approximate surface area is 179 Å². The van der Waals surface area contributed by atoms with E-state index in [0.717, 1.165) is 37.1 Å². The number of aryl methyl sites for hydroxylation is 2. The van der Waals surface area contributed by atoms with E-state index in [1.54, 1.807) is 0 Å². The number of aliphatic hydroxyl groups excluding tert-OH is 1. The Morgan fingerprint density at radius 1 is 1.03 bits per heavy atom. The first-order valence-electron chi connectivity index (χ1n) is 11.5. The lowest BCUT2D eigenvalue weighted by molar-refractivity contribution is 0.198. The van der Waals surface area contributed by atoms with Gasteiger partial charge in [0.2, 0.25) is 0 Å². The number of pyridine rings is 1. The minimum atomic E-state index is -0.373. The topological polar surface area (TPSA) is 59.1 Å². The molecule has 0 aliphatic heterocycles. The molecule has 3 N–H and O–H groups in total. The summed E-state index contributed by atoms with van der Waals surface area (Å²) in [5.74, 6) is 1.25. The van der Waals surface area contributed by atoms with Gasteiger partial charge >= 0.3 is 0 Å². The molecule has 0 amide bonds. The van der Waals surface area contributed by atoms with Crippen LogP contribution >= 0.6 is 0 Å². The van der Waals surface area contributed by atoms with Crippen molar-refractivity contribution in [3.63, 3.8) is 0 Å². The molecule has 5 rings (SSSR count). The molecular formula is C27H32N2O. The average molecular weight is 401 g/mol. The van der Waals surface area contributed by atoms with Crippen LogP contribution in [-0.2, 0) is 19.3 Å². The number of rotatable bonds is 5. The second-order valence-electron chi connectivity index (χ2n) is 9.63. The Balaban J connectivity index is 1.22. The SMILES string of the molecule is N[C@]1(CO)CC[C@H](c2ccc3c(c2)CC[C@@H](CCc2ccc4ccccc4n2)C3)C1. The molecule has 1 saturated carbocycles. The molecule has 3 atom stereocenters. The smallest absolute Gasteiger partial charge is 0.0705 e. The normalized spacial score (nSPS) is 26.1. The van der Waals surface area contributed by atoms with E-state index in [1.165, 1.54) is 53.5 Å². The van der Waals surface area contributed by atoms with Crippen LogP contribution in [0.5, 0.6) is 0 Å². The van der Waals surface area contributed by atoms with Gasteiger partial charge in [-0.1, -0.05) is 42.5 Å². The lowest BCUT2D eigenvalue weighted by Gasteiger charge is -2.26. The van der Waals surface area contributed by atoms with E-state index in [2.05, 4.69) is 54.6 Å². The summed E-state index contributed by atoms with van der Waals surface area (Å²) in [5, 5.41) is 10.8. The van der Waals surface area contributed by atoms with Crippen LogP contribution in [0.25, 0.3) is 10.9 Å². The molecular weight excluding hydrogens is 368 g/mol. The van der Waals surface area contributed by atoms with Crippen LogP contribution < -0.4 is 5.73 Å². The van der Waals surface area contributed by atoms with Crippen LogP contribution in [0, 0.1) is 5.92 Å². The van der Waals surface area contributed by atoms with Gasteiger partial charge in [0, 0.05) is 16.6 Å². The molecule has 3 heteroatoms. The largest absolute Gasteiger partial charge is 0.394 e. The van der Waals surface area contributed by atoms with Crippen molar-refractivity contribution in [1.82, 2.24) is 4.98 Å². The first-order chi connectivity index (χ1) is 14.6. The molecule has 3 aromatic rings. The van der Waals surface area contributed by atoms with Crippen molar-refractivity contribution in [2.24, 2.45) is 11.7 Å². The summed E-state index contributed by atoms with van der Waals surface area (Å²) in [6.45, 7) is 0.0994. The first kappa shape index (κ1) is 19.7. The maximum absolute atomic E-state index is 9.57. The molecule has 1 heterocycles. The third kappa shape index (κ3) is 4.01. The molecule has 2 aliphatic carbocycles. The summed E-state index contributed by atoms with van der Waals surface area (Å²) in [7, 11) is 0. The highest BCUT2D eigenvalue weighted by Gasteiger charge is 2.36. The van der Waals surface area contributed by atoms with Crippen LogP contribution in [0.3, 0.4) is 0 Å². The third-order valence-corrected chi connectivity index (χ3v) is 7.46. The van der Waals surface area contributed by atoms with Crippen molar-refractivity contribution in [3.05, 3.63) is 77.0 Å². The Hall–Kier alpha value is -2.23. The van der Waals surface area contributed by atoms with E-state index >= 15 is 0 Å². The van der Waals surface area contributed by atoms with Gasteiger partial charge in [0.05, 0.1) is 12.1 Å². The highest BCUT2D eigenvalue weighted by atomic mass is 16.3. The number of para-hydroxylation sites is 1. The van der Waals surface area contributed by atoms with Gasteiger partial charge in [-0.05, 0) is 92.0 Å². The Bertz CT molecular complexity index is 1050. The molecule has 2 aromatic carbocycles. The van der Waals surface area contributed by atoms with E-state index in [4.69, 9.17) is 10.7 Å². The van der Waals surface area contributed by atoms with Gasteiger partial charge in [-0.3, -0.25) is 4.98 Å². The molecule has 156 valence electrons. The third-order valence-electron chi connectivity index (χ3n) is 7.46. The quantitative estimate of drug-likeness (QED) is 0.638. The van der Waals surface area contributed by atoms with Gasteiger partial charge in [0.25, 0.3) is 0 Å². The highest BCUT2D eigenvalue weighted by Crippen LogP contribution is 2.40. The number of aliphatic hydroxyl groups is 1. The minimum absolute atomic E-state index is 0.0994. The van der Waals surface area contributed by atoms with Crippen LogP contribution in [-0.4, -0.2) is 22.2 Å². The molecule has 1 aromatic heterocycles. The monoisotopic (exact) mass is 400 g/mol. The fourth-order valence-corrected chi connectivity index (χ4v) is 5.53. The van der Waals surface area contributed by atoms with Crippen LogP contribution in [0.1, 0.15) is 60.4 Å². The predicted molar refractivity (Wildman–Crippen MR) is 123 cm³/mol. The van der Waals surface area contributed by atoms with E-state index < -0.39 is 0 Å². The summed E-state index contributed by atoms with van der Waals surface area (Å²) < 4.78 is 0. The zero-order chi connectivity index (χ0) is 20.6. The van der Waals surface area contributed by atoms with Gasteiger partial charge in [-0.25, -0.2) is 0 Å². The Kier molecular flexibility index (Phi) is 5.34. The van der Waals surface area contributed by atoms with Crippen LogP contribution in [0.4, 0.5) is 0 Å². The maximum Gasteiger partial charge on any atom is 0.0705 e. The Morgan fingerprint density at radius 2 is 1.93 bits per heavy atom. The second kappa shape index (κ2) is 8.13. The summed E-state index contributed by atoms with van der Waals surface area (Å²) >= 11 is 0. The van der Waals surface area contributed by atoms with Gasteiger partial charge < -0.3 is 10.8 Å². The predicted octanol–water partition coefficient (Wildman–Crippen LogP) is 4.93. The highest BCUT2D eigenvalue weighted by molar-refractivity contribution is 5.78. The molecule has 0 saturated heterocycles. The van der Waals surface area contributed by atoms with Gasteiger partial charge in [-0.2, -0.15) is 0 Å². The molecule has 3 nitrogen and oxygen atoms in total. The van der Waals surface area contributed by atoms with Crippen molar-refractivity contribution < 1.29 is 5.11 Å². The number of aromatic nitrogens is 1. The number of nitrogens with zero attached hydrogens (tertiary/aromatic N) is 1. The zero-order valence-corrected chi connectivity index (χ0v) is 17.7. The Morgan fingerprint density at radius 3 is 2.80 bits per heavy atom. The van der Waals surface area contributed by atoms with E-state index in [1.807, 2.05) is 0 Å². The van der Waals surface area contributed by atoms with E-state index in [0.29, 0.717) is 5.92 Å². The lowest BCUT2D eigenvalue weighted by Crippen LogP contribution is -2.40. The minimum Gasteiger partial charge on any atom is -0.394 e. The maximum atomic E-state index is 9.57. The summed E-state index contributed by atoms with van der Waals surface area (Å²) in [4.78, 5) is 4.85. The lowest BCUT2D eigenvalue weighted by atomic mass is 9.79. The van der Waals surface area contributed by atoms with Crippen LogP contribution in [0.15, 0.2) is 54.6 Å². The number of hydrogen-bond acceptors (Lipinski definition) is 3. The molecule has 0 bridgehead atoms. The molecule has 1 fully saturated rings. The number of nitrogens with two attached hydrogens (primary N) is 1. The number of fused-ring (bicyclic) bond motifs is 2. The van der Waals surface area contributed by atoms with Crippen molar-refractivity contribution >= 4 is 10.9 Å². The molecule has 0 spiro atoms. The van der Waals surface area contributed by atoms with Crippen molar-refractivity contribution in [2.45, 2.75) is 62.8 Å². The molecule has 0 unspecified atom stereocenters. The fraction of sp³-hybridized carbons (Fsp3) is 0.444. The average Bonchev–Trinajstić information content (AvgIpc) is 3.20. The van der Waals surface area contributed by atoms with Gasteiger partial charge in [0.1, 0.15) is 0 Å². The number of benzene rings is 2. The van der Waals surface area contributed by atoms with Crippen molar-refractivity contribution in [1.29, 1.82) is 0 Å².